The maximum atomic E-state index is 13.2. The lowest BCUT2D eigenvalue weighted by Gasteiger charge is -2.31. The van der Waals surface area contributed by atoms with E-state index in [1.54, 1.807) is 30.3 Å². The fraction of sp³-hybridized carbons (Fsp3) is 0.263. The minimum Gasteiger partial charge on any atom is -0.365 e. The first-order valence-corrected chi connectivity index (χ1v) is 8.60. The van der Waals surface area contributed by atoms with Crippen LogP contribution in [-0.2, 0) is 16.9 Å². The van der Waals surface area contributed by atoms with Crippen LogP contribution in [0.15, 0.2) is 59.7 Å². The van der Waals surface area contributed by atoms with Gasteiger partial charge in [-0.1, -0.05) is 42.5 Å². The lowest BCUT2D eigenvalue weighted by Crippen LogP contribution is -2.43. The van der Waals surface area contributed by atoms with E-state index in [2.05, 4.69) is 5.10 Å². The maximum absolute atomic E-state index is 13.2. The highest BCUT2D eigenvalue weighted by atomic mass is 19.4. The van der Waals surface area contributed by atoms with E-state index in [9.17, 15) is 33.2 Å². The van der Waals surface area contributed by atoms with E-state index in [1.165, 1.54) is 12.1 Å². The summed E-state index contributed by atoms with van der Waals surface area (Å²) in [5.41, 5.74) is -3.65. The first kappa shape index (κ1) is 20.5. The number of nitrogens with zero attached hydrogens (tertiary/aromatic N) is 3. The second-order valence-corrected chi connectivity index (χ2v) is 6.54. The van der Waals surface area contributed by atoms with E-state index < -0.39 is 40.6 Å². The molecule has 0 spiro atoms. The van der Waals surface area contributed by atoms with Crippen LogP contribution in [0.4, 0.5) is 18.9 Å². The van der Waals surface area contributed by atoms with Gasteiger partial charge in [0.2, 0.25) is 5.91 Å². The Morgan fingerprint density at radius 3 is 2.52 bits per heavy atom. The van der Waals surface area contributed by atoms with Gasteiger partial charge in [-0.2, -0.15) is 23.3 Å². The summed E-state index contributed by atoms with van der Waals surface area (Å²) in [4.78, 5) is 22.9. The summed E-state index contributed by atoms with van der Waals surface area (Å²) in [6, 6.07) is 13.3. The fourth-order valence-corrected chi connectivity index (χ4v) is 3.06. The number of hydrogen-bond donors (Lipinski definition) is 1. The van der Waals surface area contributed by atoms with Gasteiger partial charge in [0.05, 0.1) is 11.3 Å². The van der Waals surface area contributed by atoms with Crippen molar-refractivity contribution in [1.29, 1.82) is 0 Å². The molecule has 152 valence electrons. The summed E-state index contributed by atoms with van der Waals surface area (Å²) in [6.45, 7) is 0. The molecule has 0 fully saturated rings. The molecule has 0 aromatic heterocycles. The maximum Gasteiger partial charge on any atom is 0.431 e. The van der Waals surface area contributed by atoms with Gasteiger partial charge in [-0.15, -0.1) is 0 Å². The molecule has 1 heterocycles. The van der Waals surface area contributed by atoms with Gasteiger partial charge in [0.15, 0.2) is 5.72 Å². The number of rotatable bonds is 5. The van der Waals surface area contributed by atoms with E-state index in [0.717, 1.165) is 17.7 Å². The minimum absolute atomic E-state index is 0.199. The number of carbonyl (C=O) groups excluding carboxylic acids is 1. The molecule has 2 aromatic rings. The highest BCUT2D eigenvalue weighted by molar-refractivity contribution is 5.94. The molecule has 10 heteroatoms. The monoisotopic (exact) mass is 407 g/mol. The average molecular weight is 407 g/mol. The molecule has 1 aliphatic rings. The average Bonchev–Trinajstić information content (AvgIpc) is 3.06. The number of aryl methyl sites for hydroxylation is 1. The van der Waals surface area contributed by atoms with Gasteiger partial charge in [0.1, 0.15) is 5.71 Å². The molecular weight excluding hydrogens is 391 g/mol. The zero-order chi connectivity index (χ0) is 21.2. The first-order chi connectivity index (χ1) is 13.6. The molecule has 0 aliphatic carbocycles. The third-order valence-electron chi connectivity index (χ3n) is 4.54. The van der Waals surface area contributed by atoms with Crippen molar-refractivity contribution in [2.45, 2.75) is 31.2 Å². The quantitative estimate of drug-likeness (QED) is 0.606. The van der Waals surface area contributed by atoms with Crippen molar-refractivity contribution in [1.82, 2.24) is 5.01 Å². The number of aliphatic hydroxyl groups is 1. The van der Waals surface area contributed by atoms with E-state index in [-0.39, 0.29) is 18.4 Å². The summed E-state index contributed by atoms with van der Waals surface area (Å²) in [6.07, 6.45) is -5.84. The van der Waals surface area contributed by atoms with Crippen LogP contribution in [0.3, 0.4) is 0 Å². The second kappa shape index (κ2) is 7.63. The van der Waals surface area contributed by atoms with E-state index in [4.69, 9.17) is 0 Å². The summed E-state index contributed by atoms with van der Waals surface area (Å²) >= 11 is 0. The third kappa shape index (κ3) is 4.27. The molecule has 3 rings (SSSR count). The number of non-ortho nitro benzene ring substituents is 1. The second-order valence-electron chi connectivity index (χ2n) is 6.54. The Labute approximate surface area is 163 Å². The number of alkyl halides is 3. The van der Waals surface area contributed by atoms with Crippen molar-refractivity contribution < 1.29 is 28.0 Å². The van der Waals surface area contributed by atoms with Crippen molar-refractivity contribution in [3.05, 3.63) is 75.8 Å². The van der Waals surface area contributed by atoms with Crippen LogP contribution in [0.1, 0.15) is 24.0 Å². The zero-order valence-electron chi connectivity index (χ0n) is 15.0. The number of carbonyl (C=O) groups is 1. The van der Waals surface area contributed by atoms with Crippen LogP contribution in [0.5, 0.6) is 0 Å². The lowest BCUT2D eigenvalue weighted by molar-refractivity contribution is -0.385. The largest absolute Gasteiger partial charge is 0.431 e. The number of hydrogen-bond acceptors (Lipinski definition) is 5. The van der Waals surface area contributed by atoms with Crippen LogP contribution in [0.2, 0.25) is 0 Å². The molecule has 0 saturated carbocycles. The normalized spacial score (nSPS) is 19.2. The van der Waals surface area contributed by atoms with Crippen molar-refractivity contribution >= 4 is 17.3 Å². The van der Waals surface area contributed by atoms with Gasteiger partial charge < -0.3 is 5.11 Å². The van der Waals surface area contributed by atoms with Crippen LogP contribution in [0, 0.1) is 10.1 Å². The molecule has 0 bridgehead atoms. The Kier molecular flexibility index (Phi) is 5.38. The summed E-state index contributed by atoms with van der Waals surface area (Å²) in [5, 5.41) is 25.7. The highest BCUT2D eigenvalue weighted by Gasteiger charge is 2.53. The molecule has 0 radical (unpaired) electrons. The number of halogens is 3. The molecule has 0 saturated heterocycles. The van der Waals surface area contributed by atoms with Crippen LogP contribution in [0.25, 0.3) is 0 Å². The SMILES string of the molecule is O=C(CCc1ccccc1)N1N=C(C(F)(F)F)C[C@]1(O)c1cccc([N+](=O)[O-])c1. The number of amides is 1. The Balaban J connectivity index is 1.93. The fourth-order valence-electron chi connectivity index (χ4n) is 3.06. The summed E-state index contributed by atoms with van der Waals surface area (Å²) < 4.78 is 39.7. The Morgan fingerprint density at radius 1 is 1.21 bits per heavy atom. The molecule has 1 aliphatic heterocycles. The van der Waals surface area contributed by atoms with Gasteiger partial charge in [-0.25, -0.2) is 0 Å². The zero-order valence-corrected chi connectivity index (χ0v) is 15.0. The Morgan fingerprint density at radius 2 is 1.90 bits per heavy atom. The standard InChI is InChI=1S/C19H16F3N3O4/c20-19(21,22)16-12-18(27,14-7-4-8-15(11-14)25(28)29)24(23-16)17(26)10-9-13-5-2-1-3-6-13/h1-8,11,27H,9-10,12H2/t18-/m0/s1. The molecular formula is C19H16F3N3O4. The minimum atomic E-state index is -4.86. The van der Waals surface area contributed by atoms with Crippen LogP contribution >= 0.6 is 0 Å². The van der Waals surface area contributed by atoms with Crippen molar-refractivity contribution in [3.8, 4) is 0 Å². The first-order valence-electron chi connectivity index (χ1n) is 8.60. The van der Waals surface area contributed by atoms with Gasteiger partial charge in [0, 0.05) is 24.1 Å². The number of hydrazone groups is 1. The Bertz CT molecular complexity index is 963. The molecule has 1 amide bonds. The van der Waals surface area contributed by atoms with Crippen LogP contribution < -0.4 is 0 Å². The topological polar surface area (TPSA) is 96.0 Å². The van der Waals surface area contributed by atoms with Gasteiger partial charge in [-0.05, 0) is 12.0 Å². The van der Waals surface area contributed by atoms with Gasteiger partial charge in [-0.3, -0.25) is 14.9 Å². The number of benzene rings is 2. The van der Waals surface area contributed by atoms with Gasteiger partial charge in [0.25, 0.3) is 5.69 Å². The number of nitro groups is 1. The van der Waals surface area contributed by atoms with E-state index in [1.807, 2.05) is 0 Å². The Hall–Kier alpha value is -3.27. The van der Waals surface area contributed by atoms with Crippen molar-refractivity contribution in [3.63, 3.8) is 0 Å². The third-order valence-corrected chi connectivity index (χ3v) is 4.54. The predicted octanol–water partition coefficient (Wildman–Crippen LogP) is 3.52. The highest BCUT2D eigenvalue weighted by Crippen LogP contribution is 2.40. The molecule has 1 N–H and O–H groups in total. The predicted molar refractivity (Wildman–Crippen MR) is 96.7 cm³/mol. The van der Waals surface area contributed by atoms with Crippen LogP contribution in [-0.4, -0.2) is 32.8 Å². The lowest BCUT2D eigenvalue weighted by atomic mass is 9.96. The number of nitro benzene ring substituents is 1. The molecule has 2 aromatic carbocycles. The molecule has 7 nitrogen and oxygen atoms in total. The van der Waals surface area contributed by atoms with Crippen molar-refractivity contribution in [2.75, 3.05) is 0 Å². The van der Waals surface area contributed by atoms with E-state index in [0.29, 0.717) is 5.01 Å². The molecule has 29 heavy (non-hydrogen) atoms. The summed E-state index contributed by atoms with van der Waals surface area (Å²) in [7, 11) is 0. The van der Waals surface area contributed by atoms with Gasteiger partial charge >= 0.3 is 6.18 Å². The summed E-state index contributed by atoms with van der Waals surface area (Å²) in [5.74, 6) is -0.831. The molecule has 1 atom stereocenters. The van der Waals surface area contributed by atoms with E-state index >= 15 is 0 Å². The molecule has 0 unspecified atom stereocenters. The smallest absolute Gasteiger partial charge is 0.365 e. The van der Waals surface area contributed by atoms with Crippen molar-refractivity contribution in [2.24, 2.45) is 5.10 Å².